The summed E-state index contributed by atoms with van der Waals surface area (Å²) in [4.78, 5) is 0. The molecule has 1 aromatic heterocycles. The van der Waals surface area contributed by atoms with Crippen molar-refractivity contribution in [2.75, 3.05) is 0 Å². The summed E-state index contributed by atoms with van der Waals surface area (Å²) in [6, 6.07) is 2.95. The molecule has 0 amide bonds. The maximum atomic E-state index is 13.1. The minimum atomic E-state index is -5.57. The van der Waals surface area contributed by atoms with Crippen LogP contribution in [0.5, 0.6) is 0 Å². The number of fused-ring (bicyclic) bond motifs is 1. The number of halogens is 5. The molecular formula is C11H6F5S. The van der Waals surface area contributed by atoms with E-state index in [-0.39, 0.29) is 0 Å². The van der Waals surface area contributed by atoms with Gasteiger partial charge in [0.05, 0.1) is 0 Å². The minimum absolute atomic E-state index is 0.379. The highest BCUT2D eigenvalue weighted by atomic mass is 32.1. The molecule has 0 saturated heterocycles. The van der Waals surface area contributed by atoms with Gasteiger partial charge in [0.2, 0.25) is 0 Å². The van der Waals surface area contributed by atoms with E-state index in [1.54, 1.807) is 6.92 Å². The Morgan fingerprint density at radius 3 is 2.35 bits per heavy atom. The van der Waals surface area contributed by atoms with Gasteiger partial charge >= 0.3 is 12.1 Å². The molecule has 0 bridgehead atoms. The van der Waals surface area contributed by atoms with Crippen molar-refractivity contribution in [1.29, 1.82) is 0 Å². The number of alkyl halides is 5. The first-order valence-electron chi connectivity index (χ1n) is 4.59. The highest BCUT2D eigenvalue weighted by molar-refractivity contribution is 7.16. The monoisotopic (exact) mass is 265 g/mol. The van der Waals surface area contributed by atoms with Gasteiger partial charge in [0.15, 0.2) is 0 Å². The lowest BCUT2D eigenvalue weighted by atomic mass is 10.1. The van der Waals surface area contributed by atoms with Crippen LogP contribution in [0.3, 0.4) is 0 Å². The third-order valence-corrected chi connectivity index (χ3v) is 3.38. The zero-order valence-electron chi connectivity index (χ0n) is 8.53. The smallest absolute Gasteiger partial charge is 0.191 e. The molecule has 0 N–H and O–H groups in total. The Labute approximate surface area is 97.7 Å². The predicted octanol–water partition coefficient (Wildman–Crippen LogP) is 4.66. The molecule has 1 radical (unpaired) electrons. The molecule has 0 unspecified atom stereocenters. The molecular weight excluding hydrogens is 259 g/mol. The van der Waals surface area contributed by atoms with Crippen molar-refractivity contribution in [3.8, 4) is 0 Å². The molecule has 0 spiro atoms. The Kier molecular flexibility index (Phi) is 2.65. The Morgan fingerprint density at radius 1 is 1.12 bits per heavy atom. The van der Waals surface area contributed by atoms with Crippen LogP contribution in [0.15, 0.2) is 18.2 Å². The van der Waals surface area contributed by atoms with Crippen molar-refractivity contribution in [1.82, 2.24) is 0 Å². The Balaban J connectivity index is 2.57. The Morgan fingerprint density at radius 2 is 1.76 bits per heavy atom. The average molecular weight is 265 g/mol. The van der Waals surface area contributed by atoms with Crippen LogP contribution in [0, 0.1) is 12.3 Å². The van der Waals surface area contributed by atoms with Gasteiger partial charge in [-0.3, -0.25) is 0 Å². The van der Waals surface area contributed by atoms with E-state index >= 15 is 0 Å². The van der Waals surface area contributed by atoms with Gasteiger partial charge in [0, 0.05) is 15.6 Å². The van der Waals surface area contributed by atoms with Crippen molar-refractivity contribution in [2.24, 2.45) is 0 Å². The predicted molar refractivity (Wildman–Crippen MR) is 55.3 cm³/mol. The maximum absolute atomic E-state index is 13.1. The first-order chi connectivity index (χ1) is 7.73. The molecule has 91 valence electrons. The summed E-state index contributed by atoms with van der Waals surface area (Å²) in [5.41, 5.74) is -0.292. The van der Waals surface area contributed by atoms with Gasteiger partial charge < -0.3 is 0 Å². The molecule has 17 heavy (non-hydrogen) atoms. The quantitative estimate of drug-likeness (QED) is 0.657. The first kappa shape index (κ1) is 12.3. The highest BCUT2D eigenvalue weighted by Gasteiger charge is 2.58. The van der Waals surface area contributed by atoms with Crippen LogP contribution in [0.1, 0.15) is 11.1 Å². The van der Waals surface area contributed by atoms with Crippen molar-refractivity contribution in [3.63, 3.8) is 0 Å². The van der Waals surface area contributed by atoms with Crippen LogP contribution in [-0.4, -0.2) is 6.18 Å². The number of benzene rings is 1. The third kappa shape index (κ3) is 1.90. The molecule has 1 heterocycles. The van der Waals surface area contributed by atoms with Crippen molar-refractivity contribution >= 4 is 21.4 Å². The van der Waals surface area contributed by atoms with E-state index in [1.165, 1.54) is 6.07 Å². The summed E-state index contributed by atoms with van der Waals surface area (Å²) in [5.74, 6) is -4.82. The van der Waals surface area contributed by atoms with Crippen molar-refractivity contribution in [2.45, 2.75) is 19.0 Å². The van der Waals surface area contributed by atoms with Crippen LogP contribution in [0.4, 0.5) is 22.0 Å². The fraction of sp³-hybridized carbons (Fsp3) is 0.273. The largest absolute Gasteiger partial charge is 0.458 e. The summed E-state index contributed by atoms with van der Waals surface area (Å²) >= 11 is 1.03. The maximum Gasteiger partial charge on any atom is 0.458 e. The van der Waals surface area contributed by atoms with Crippen LogP contribution >= 0.6 is 11.3 Å². The lowest BCUT2D eigenvalue weighted by molar-refractivity contribution is -0.289. The second-order valence-corrected chi connectivity index (χ2v) is 4.46. The average Bonchev–Trinajstić information content (AvgIpc) is 2.58. The van der Waals surface area contributed by atoms with Gasteiger partial charge in [-0.2, -0.15) is 22.0 Å². The summed E-state index contributed by atoms with van der Waals surface area (Å²) in [5, 5.41) is 3.46. The van der Waals surface area contributed by atoms with E-state index < -0.39 is 17.7 Å². The van der Waals surface area contributed by atoms with Crippen LogP contribution < -0.4 is 0 Å². The van der Waals surface area contributed by atoms with Gasteiger partial charge in [0.1, 0.15) is 0 Å². The van der Waals surface area contributed by atoms with Gasteiger partial charge in [-0.15, -0.1) is 11.3 Å². The first-order valence-corrected chi connectivity index (χ1v) is 5.41. The van der Waals surface area contributed by atoms with Crippen LogP contribution in [0.25, 0.3) is 10.1 Å². The highest BCUT2D eigenvalue weighted by Crippen LogP contribution is 2.44. The second kappa shape index (κ2) is 3.66. The molecule has 2 rings (SSSR count). The minimum Gasteiger partial charge on any atom is -0.191 e. The lowest BCUT2D eigenvalue weighted by Gasteiger charge is -2.19. The van der Waals surface area contributed by atoms with Gasteiger partial charge in [-0.25, -0.2) is 0 Å². The number of hydrogen-bond acceptors (Lipinski definition) is 1. The number of rotatable bonds is 1. The number of hydrogen-bond donors (Lipinski definition) is 0. The molecule has 0 nitrogen and oxygen atoms in total. The van der Waals surface area contributed by atoms with Crippen LogP contribution in [0.2, 0.25) is 0 Å². The third-order valence-electron chi connectivity index (χ3n) is 2.42. The fourth-order valence-electron chi connectivity index (χ4n) is 1.46. The zero-order chi connectivity index (χ0) is 12.8. The Bertz CT molecular complexity index is 552. The van der Waals surface area contributed by atoms with Crippen LogP contribution in [-0.2, 0) is 5.92 Å². The van der Waals surface area contributed by atoms with Crippen molar-refractivity contribution in [3.05, 3.63) is 34.7 Å². The molecule has 0 saturated carbocycles. The summed E-state index contributed by atoms with van der Waals surface area (Å²) in [6.45, 7) is 1.72. The number of thiophene rings is 1. The van der Waals surface area contributed by atoms with E-state index in [0.717, 1.165) is 29.0 Å². The molecule has 2 aromatic rings. The summed E-state index contributed by atoms with van der Waals surface area (Å²) in [7, 11) is 0. The van der Waals surface area contributed by atoms with Gasteiger partial charge in [-0.05, 0) is 23.9 Å². The van der Waals surface area contributed by atoms with E-state index in [9.17, 15) is 22.0 Å². The summed E-state index contributed by atoms with van der Waals surface area (Å²) in [6.07, 6.45) is -5.57. The zero-order valence-corrected chi connectivity index (χ0v) is 9.35. The molecule has 1 aromatic carbocycles. The van der Waals surface area contributed by atoms with Gasteiger partial charge in [-0.1, -0.05) is 12.1 Å². The van der Waals surface area contributed by atoms with E-state index in [0.29, 0.717) is 10.1 Å². The van der Waals surface area contributed by atoms with Gasteiger partial charge in [0.25, 0.3) is 0 Å². The van der Waals surface area contributed by atoms with E-state index in [1.807, 2.05) is 0 Å². The lowest BCUT2D eigenvalue weighted by Crippen LogP contribution is -2.33. The summed E-state index contributed by atoms with van der Waals surface area (Å²) < 4.78 is 63.0. The normalized spacial score (nSPS) is 13.3. The molecule has 0 atom stereocenters. The standard InChI is InChI=1S/C11H6F5S/c1-6-5-17-9-4-7(2-3-8(6)9)10(12,13)11(14,15)16/h2-4H,1H3. The molecule has 0 aliphatic heterocycles. The van der Waals surface area contributed by atoms with Crippen molar-refractivity contribution < 1.29 is 22.0 Å². The Hall–Kier alpha value is -1.17. The van der Waals surface area contributed by atoms with E-state index in [2.05, 4.69) is 5.38 Å². The SMILES string of the molecule is Cc1[c]sc2cc(C(F)(F)C(F)(F)F)ccc12. The van der Waals surface area contributed by atoms with E-state index in [4.69, 9.17) is 0 Å². The second-order valence-electron chi connectivity index (χ2n) is 3.61. The molecule has 0 fully saturated rings. The topological polar surface area (TPSA) is 0 Å². The molecule has 0 aliphatic rings. The molecule has 0 aliphatic carbocycles. The molecule has 6 heteroatoms. The fourth-order valence-corrected chi connectivity index (χ4v) is 2.35. The number of aryl methyl sites for hydroxylation is 1.